The zero-order chi connectivity index (χ0) is 22.2. The molecule has 3 aromatic rings. The Labute approximate surface area is 182 Å². The predicted octanol–water partition coefficient (Wildman–Crippen LogP) is 5.59. The number of para-hydroxylation sites is 1. The average molecular weight is 422 g/mol. The third-order valence-electron chi connectivity index (χ3n) is 5.20. The molecule has 0 spiro atoms. The lowest BCUT2D eigenvalue weighted by Gasteiger charge is -2.15. The van der Waals surface area contributed by atoms with Gasteiger partial charge < -0.3 is 15.2 Å². The van der Waals surface area contributed by atoms with Gasteiger partial charge in [0.1, 0.15) is 18.2 Å². The topological polar surface area (TPSA) is 61.5 Å². The van der Waals surface area contributed by atoms with Gasteiger partial charge in [-0.2, -0.15) is 0 Å². The third-order valence-corrected chi connectivity index (χ3v) is 5.20. The second kappa shape index (κ2) is 10.7. The summed E-state index contributed by atoms with van der Waals surface area (Å²) in [5.74, 6) is 0.0247. The molecule has 4 nitrogen and oxygen atoms in total. The fourth-order valence-corrected chi connectivity index (χ4v) is 3.53. The Morgan fingerprint density at radius 2 is 1.84 bits per heavy atom. The van der Waals surface area contributed by atoms with E-state index in [-0.39, 0.29) is 24.2 Å². The molecule has 2 N–H and O–H groups in total. The van der Waals surface area contributed by atoms with Crippen LogP contribution in [0.5, 0.6) is 5.75 Å². The Morgan fingerprint density at radius 1 is 1.06 bits per heavy atom. The lowest BCUT2D eigenvalue weighted by atomic mass is 9.96. The molecule has 3 aromatic carbocycles. The minimum absolute atomic E-state index is 0.142. The number of methoxy groups -OCH3 is 1. The van der Waals surface area contributed by atoms with Gasteiger partial charge in [0.05, 0.1) is 13.5 Å². The van der Waals surface area contributed by atoms with Gasteiger partial charge >= 0.3 is 5.97 Å². The van der Waals surface area contributed by atoms with Crippen molar-refractivity contribution >= 4 is 5.97 Å². The van der Waals surface area contributed by atoms with Gasteiger partial charge in [0.2, 0.25) is 0 Å². The molecule has 162 valence electrons. The summed E-state index contributed by atoms with van der Waals surface area (Å²) >= 11 is 0. The van der Waals surface area contributed by atoms with Crippen molar-refractivity contribution in [1.82, 2.24) is 0 Å². The molecule has 0 unspecified atom stereocenters. The number of benzene rings is 3. The van der Waals surface area contributed by atoms with Gasteiger partial charge in [0, 0.05) is 22.7 Å². The summed E-state index contributed by atoms with van der Waals surface area (Å²) < 4.78 is 25.9. The molecule has 0 bridgehead atoms. The number of carbonyl (C=O) groups is 1. The number of carbonyl (C=O) groups excluding carboxylic acids is 1. The molecule has 0 fully saturated rings. The van der Waals surface area contributed by atoms with Crippen LogP contribution in [-0.2, 0) is 22.6 Å². The summed E-state index contributed by atoms with van der Waals surface area (Å²) in [5.41, 5.74) is 9.65. The molecule has 5 heteroatoms. The van der Waals surface area contributed by atoms with E-state index in [1.54, 1.807) is 12.1 Å². The summed E-state index contributed by atoms with van der Waals surface area (Å²) in [7, 11) is 1.36. The number of nitrogens with two attached hydrogens (primary N) is 1. The molecule has 0 radical (unpaired) electrons. The first kappa shape index (κ1) is 22.5. The first-order valence-corrected chi connectivity index (χ1v) is 10.4. The molecule has 0 aromatic heterocycles. The Bertz CT molecular complexity index is 1030. The smallest absolute Gasteiger partial charge is 0.310 e. The van der Waals surface area contributed by atoms with Crippen molar-refractivity contribution in [1.29, 1.82) is 0 Å². The van der Waals surface area contributed by atoms with Gasteiger partial charge in [-0.05, 0) is 29.7 Å². The molecule has 31 heavy (non-hydrogen) atoms. The van der Waals surface area contributed by atoms with Crippen LogP contribution in [0.1, 0.15) is 42.5 Å². The zero-order valence-electron chi connectivity index (χ0n) is 17.9. The lowest BCUT2D eigenvalue weighted by molar-refractivity contribution is -0.139. The summed E-state index contributed by atoms with van der Waals surface area (Å²) in [6.45, 7) is 2.33. The molecule has 0 heterocycles. The molecular formula is C26H28FNO3. The minimum atomic E-state index is -0.324. The van der Waals surface area contributed by atoms with Crippen LogP contribution in [0.2, 0.25) is 0 Å². The Morgan fingerprint density at radius 3 is 2.61 bits per heavy atom. The van der Waals surface area contributed by atoms with Gasteiger partial charge in [-0.1, -0.05) is 67.9 Å². The van der Waals surface area contributed by atoms with E-state index < -0.39 is 0 Å². The van der Waals surface area contributed by atoms with Crippen molar-refractivity contribution in [3.8, 4) is 16.9 Å². The van der Waals surface area contributed by atoms with Crippen LogP contribution in [0.25, 0.3) is 11.1 Å². The highest BCUT2D eigenvalue weighted by molar-refractivity contribution is 5.73. The number of hydrogen-bond donors (Lipinski definition) is 1. The highest BCUT2D eigenvalue weighted by Gasteiger charge is 2.15. The van der Waals surface area contributed by atoms with Crippen LogP contribution < -0.4 is 10.5 Å². The second-order valence-electron chi connectivity index (χ2n) is 7.45. The van der Waals surface area contributed by atoms with Crippen molar-refractivity contribution < 1.29 is 18.7 Å². The van der Waals surface area contributed by atoms with E-state index in [2.05, 4.69) is 0 Å². The van der Waals surface area contributed by atoms with Crippen LogP contribution in [-0.4, -0.2) is 13.1 Å². The standard InChI is InChI=1S/C26H28FNO3/c1-3-8-23(28)22-13-7-12-21(26(22)27)19-11-6-9-18(15-19)17-31-24-14-5-4-10-20(24)16-25(29)30-2/h4-7,9-15,23H,3,8,16-17,28H2,1-2H3/t23-/m1/s1. The van der Waals surface area contributed by atoms with Gasteiger partial charge in [-0.25, -0.2) is 4.39 Å². The Kier molecular flexibility index (Phi) is 7.79. The summed E-state index contributed by atoms with van der Waals surface area (Å²) in [6.07, 6.45) is 1.77. The van der Waals surface area contributed by atoms with Crippen LogP contribution >= 0.6 is 0 Å². The van der Waals surface area contributed by atoms with E-state index >= 15 is 4.39 Å². The van der Waals surface area contributed by atoms with E-state index in [0.717, 1.165) is 29.5 Å². The molecule has 0 amide bonds. The first-order chi connectivity index (χ1) is 15.0. The van der Waals surface area contributed by atoms with E-state index in [1.165, 1.54) is 7.11 Å². The van der Waals surface area contributed by atoms with Crippen molar-refractivity contribution in [2.24, 2.45) is 5.73 Å². The van der Waals surface area contributed by atoms with Crippen molar-refractivity contribution in [2.45, 2.75) is 38.8 Å². The average Bonchev–Trinajstić information content (AvgIpc) is 2.79. The Hall–Kier alpha value is -3.18. The second-order valence-corrected chi connectivity index (χ2v) is 7.45. The number of rotatable bonds is 9. The molecule has 0 saturated carbocycles. The number of esters is 1. The molecule has 0 aliphatic heterocycles. The fraction of sp³-hybridized carbons (Fsp3) is 0.269. The molecule has 0 saturated heterocycles. The maximum absolute atomic E-state index is 15.2. The van der Waals surface area contributed by atoms with Gasteiger partial charge in [0.15, 0.2) is 0 Å². The lowest BCUT2D eigenvalue weighted by Crippen LogP contribution is -2.12. The van der Waals surface area contributed by atoms with E-state index in [4.69, 9.17) is 15.2 Å². The highest BCUT2D eigenvalue weighted by atomic mass is 19.1. The summed E-state index contributed by atoms with van der Waals surface area (Å²) in [4.78, 5) is 11.6. The van der Waals surface area contributed by atoms with E-state index in [1.807, 2.05) is 61.5 Å². The third kappa shape index (κ3) is 5.70. The van der Waals surface area contributed by atoms with Gasteiger partial charge in [-0.3, -0.25) is 4.79 Å². The van der Waals surface area contributed by atoms with E-state index in [0.29, 0.717) is 23.5 Å². The number of hydrogen-bond acceptors (Lipinski definition) is 4. The maximum Gasteiger partial charge on any atom is 0.310 e. The van der Waals surface area contributed by atoms with Gasteiger partial charge in [0.25, 0.3) is 0 Å². The highest BCUT2D eigenvalue weighted by Crippen LogP contribution is 2.30. The SMILES string of the molecule is CCC[C@@H](N)c1cccc(-c2cccc(COc3ccccc3CC(=O)OC)c2)c1F. The number of ether oxygens (including phenoxy) is 2. The first-order valence-electron chi connectivity index (χ1n) is 10.4. The van der Waals surface area contributed by atoms with Crippen LogP contribution in [0.3, 0.4) is 0 Å². The fourth-order valence-electron chi connectivity index (χ4n) is 3.53. The molecule has 3 rings (SSSR count). The van der Waals surface area contributed by atoms with E-state index in [9.17, 15) is 4.79 Å². The normalized spacial score (nSPS) is 11.7. The maximum atomic E-state index is 15.2. The minimum Gasteiger partial charge on any atom is -0.489 e. The zero-order valence-corrected chi connectivity index (χ0v) is 17.9. The quantitative estimate of drug-likeness (QED) is 0.458. The number of halogens is 1. The molecular weight excluding hydrogens is 393 g/mol. The van der Waals surface area contributed by atoms with Crippen LogP contribution in [0.4, 0.5) is 4.39 Å². The predicted molar refractivity (Wildman–Crippen MR) is 120 cm³/mol. The molecule has 1 atom stereocenters. The largest absolute Gasteiger partial charge is 0.489 e. The summed E-state index contributed by atoms with van der Waals surface area (Å²) in [5, 5.41) is 0. The monoisotopic (exact) mass is 421 g/mol. The van der Waals surface area contributed by atoms with Gasteiger partial charge in [-0.15, -0.1) is 0 Å². The summed E-state index contributed by atoms with van der Waals surface area (Å²) in [6, 6.07) is 20.0. The van der Waals surface area contributed by atoms with Crippen LogP contribution in [0, 0.1) is 5.82 Å². The van der Waals surface area contributed by atoms with Crippen molar-refractivity contribution in [2.75, 3.05) is 7.11 Å². The van der Waals surface area contributed by atoms with Crippen molar-refractivity contribution in [3.63, 3.8) is 0 Å². The molecule has 0 aliphatic carbocycles. The Balaban J connectivity index is 1.80. The van der Waals surface area contributed by atoms with Crippen LogP contribution in [0.15, 0.2) is 66.7 Å². The van der Waals surface area contributed by atoms with Crippen molar-refractivity contribution in [3.05, 3.63) is 89.2 Å². The molecule has 0 aliphatic rings.